The molecular weight excluding hydrogens is 257 g/mol. The van der Waals surface area contributed by atoms with Gasteiger partial charge in [0, 0.05) is 11.3 Å². The number of aromatic nitrogens is 3. The van der Waals surface area contributed by atoms with Crippen LogP contribution >= 0.6 is 12.2 Å². The molecule has 2 aromatic rings. The van der Waals surface area contributed by atoms with Crippen molar-refractivity contribution in [2.45, 2.75) is 0 Å². The van der Waals surface area contributed by atoms with Crippen molar-refractivity contribution in [1.82, 2.24) is 15.4 Å². The van der Waals surface area contributed by atoms with Crippen LogP contribution in [0.2, 0.25) is 0 Å². The second-order valence-corrected chi connectivity index (χ2v) is 3.81. The molecule has 1 heterocycles. The van der Waals surface area contributed by atoms with E-state index in [4.69, 9.17) is 18.0 Å². The maximum Gasteiger partial charge on any atom is 0.277 e. The van der Waals surface area contributed by atoms with Gasteiger partial charge in [-0.1, -0.05) is 12.2 Å². The Labute approximate surface area is 106 Å². The van der Waals surface area contributed by atoms with E-state index in [1.807, 2.05) is 0 Å². The summed E-state index contributed by atoms with van der Waals surface area (Å²) in [5.74, 6) is -1.01. The SMILES string of the molecule is NC(=S)c1cc(NC(=O)c2cn[nH]n2)ccc1F. The highest BCUT2D eigenvalue weighted by molar-refractivity contribution is 7.80. The summed E-state index contributed by atoms with van der Waals surface area (Å²) in [5, 5.41) is 12.0. The van der Waals surface area contributed by atoms with Crippen LogP contribution < -0.4 is 11.1 Å². The number of halogens is 1. The van der Waals surface area contributed by atoms with E-state index in [-0.39, 0.29) is 16.2 Å². The summed E-state index contributed by atoms with van der Waals surface area (Å²) in [5.41, 5.74) is 5.92. The highest BCUT2D eigenvalue weighted by Crippen LogP contribution is 2.15. The molecule has 0 aliphatic rings. The molecule has 0 unspecified atom stereocenters. The van der Waals surface area contributed by atoms with Gasteiger partial charge in [-0.15, -0.1) is 0 Å². The van der Waals surface area contributed by atoms with Gasteiger partial charge in [-0.05, 0) is 18.2 Å². The van der Waals surface area contributed by atoms with Crippen molar-refractivity contribution in [2.75, 3.05) is 5.32 Å². The van der Waals surface area contributed by atoms with Crippen molar-refractivity contribution >= 4 is 28.8 Å². The van der Waals surface area contributed by atoms with Gasteiger partial charge in [0.05, 0.1) is 6.20 Å². The van der Waals surface area contributed by atoms with E-state index in [9.17, 15) is 9.18 Å². The second kappa shape index (κ2) is 4.88. The highest BCUT2D eigenvalue weighted by Gasteiger charge is 2.11. The Bertz CT molecular complexity index is 598. The predicted molar refractivity (Wildman–Crippen MR) is 66.6 cm³/mol. The lowest BCUT2D eigenvalue weighted by atomic mass is 10.2. The van der Waals surface area contributed by atoms with Crippen LogP contribution in [-0.2, 0) is 0 Å². The van der Waals surface area contributed by atoms with Crippen molar-refractivity contribution in [3.63, 3.8) is 0 Å². The van der Waals surface area contributed by atoms with Gasteiger partial charge in [0.1, 0.15) is 10.8 Å². The van der Waals surface area contributed by atoms with Crippen LogP contribution in [0.25, 0.3) is 0 Å². The van der Waals surface area contributed by atoms with Crippen LogP contribution in [0.1, 0.15) is 16.1 Å². The number of nitrogens with two attached hydrogens (primary N) is 1. The van der Waals surface area contributed by atoms with Gasteiger partial charge in [-0.25, -0.2) is 4.39 Å². The molecule has 92 valence electrons. The minimum atomic E-state index is -0.540. The number of anilines is 1. The molecule has 0 saturated heterocycles. The minimum absolute atomic E-state index is 0.0722. The number of hydrogen-bond donors (Lipinski definition) is 3. The molecule has 0 aliphatic carbocycles. The lowest BCUT2D eigenvalue weighted by Crippen LogP contribution is -2.15. The zero-order valence-electron chi connectivity index (χ0n) is 8.98. The number of carbonyl (C=O) groups is 1. The van der Waals surface area contributed by atoms with E-state index >= 15 is 0 Å². The van der Waals surface area contributed by atoms with Gasteiger partial charge < -0.3 is 11.1 Å². The van der Waals surface area contributed by atoms with E-state index in [1.165, 1.54) is 24.4 Å². The smallest absolute Gasteiger partial charge is 0.277 e. The van der Waals surface area contributed by atoms with E-state index in [0.29, 0.717) is 5.69 Å². The molecule has 0 atom stereocenters. The monoisotopic (exact) mass is 265 g/mol. The van der Waals surface area contributed by atoms with Crippen molar-refractivity contribution in [2.24, 2.45) is 5.73 Å². The summed E-state index contributed by atoms with van der Waals surface area (Å²) < 4.78 is 13.3. The number of benzene rings is 1. The van der Waals surface area contributed by atoms with Gasteiger partial charge >= 0.3 is 0 Å². The number of H-pyrrole nitrogens is 1. The summed E-state index contributed by atoms with van der Waals surface area (Å²) in [6.45, 7) is 0. The van der Waals surface area contributed by atoms with Crippen molar-refractivity contribution in [1.29, 1.82) is 0 Å². The highest BCUT2D eigenvalue weighted by atomic mass is 32.1. The first-order valence-electron chi connectivity index (χ1n) is 4.84. The lowest BCUT2D eigenvalue weighted by Gasteiger charge is -2.06. The van der Waals surface area contributed by atoms with Crippen molar-refractivity contribution in [3.05, 3.63) is 41.5 Å². The topological polar surface area (TPSA) is 96.7 Å². The fourth-order valence-corrected chi connectivity index (χ4v) is 1.45. The third-order valence-corrected chi connectivity index (χ3v) is 2.36. The summed E-state index contributed by atoms with van der Waals surface area (Å²) in [4.78, 5) is 11.6. The van der Waals surface area contributed by atoms with Gasteiger partial charge in [-0.3, -0.25) is 4.79 Å². The first-order chi connectivity index (χ1) is 8.58. The number of nitrogens with zero attached hydrogens (tertiary/aromatic N) is 2. The van der Waals surface area contributed by atoms with Gasteiger partial charge in [0.25, 0.3) is 5.91 Å². The molecule has 0 aliphatic heterocycles. The minimum Gasteiger partial charge on any atom is -0.389 e. The van der Waals surface area contributed by atoms with Crippen LogP contribution in [0, 0.1) is 5.82 Å². The molecule has 0 bridgehead atoms. The Morgan fingerprint density at radius 2 is 2.28 bits per heavy atom. The van der Waals surface area contributed by atoms with Crippen LogP contribution in [-0.4, -0.2) is 26.3 Å². The molecule has 0 spiro atoms. The third-order valence-electron chi connectivity index (χ3n) is 2.14. The first-order valence-corrected chi connectivity index (χ1v) is 5.25. The fraction of sp³-hybridized carbons (Fsp3) is 0. The molecule has 1 amide bonds. The van der Waals surface area contributed by atoms with Crippen LogP contribution in [0.3, 0.4) is 0 Å². The molecular formula is C10H8FN5OS. The van der Waals surface area contributed by atoms with Gasteiger partial charge in [-0.2, -0.15) is 15.4 Å². The van der Waals surface area contributed by atoms with Crippen molar-refractivity contribution < 1.29 is 9.18 Å². The largest absolute Gasteiger partial charge is 0.389 e. The lowest BCUT2D eigenvalue weighted by molar-refractivity contribution is 0.102. The fourth-order valence-electron chi connectivity index (χ4n) is 1.30. The molecule has 6 nitrogen and oxygen atoms in total. The molecule has 2 rings (SSSR count). The second-order valence-electron chi connectivity index (χ2n) is 3.37. The van der Waals surface area contributed by atoms with Gasteiger partial charge in [0.2, 0.25) is 0 Å². The van der Waals surface area contributed by atoms with Crippen LogP contribution in [0.5, 0.6) is 0 Å². The summed E-state index contributed by atoms with van der Waals surface area (Å²) in [6, 6.07) is 3.93. The standard InChI is InChI=1S/C10H8FN5OS/c11-7-2-1-5(3-6(7)9(12)18)14-10(17)8-4-13-16-15-8/h1-4H,(H2,12,18)(H,14,17)(H,13,15,16). The Balaban J connectivity index is 2.22. The Morgan fingerprint density at radius 1 is 1.50 bits per heavy atom. The molecule has 0 saturated carbocycles. The zero-order valence-corrected chi connectivity index (χ0v) is 9.79. The molecule has 1 aromatic heterocycles. The third kappa shape index (κ3) is 2.48. The zero-order chi connectivity index (χ0) is 13.1. The van der Waals surface area contributed by atoms with E-state index in [1.54, 1.807) is 0 Å². The Kier molecular flexibility index (Phi) is 3.28. The average molecular weight is 265 g/mol. The van der Waals surface area contributed by atoms with Crippen LogP contribution in [0.4, 0.5) is 10.1 Å². The average Bonchev–Trinajstić information content (AvgIpc) is 2.85. The van der Waals surface area contributed by atoms with E-state index in [2.05, 4.69) is 20.7 Å². The van der Waals surface area contributed by atoms with Crippen LogP contribution in [0.15, 0.2) is 24.4 Å². The molecule has 18 heavy (non-hydrogen) atoms. The number of nitrogens with one attached hydrogen (secondary N) is 2. The molecule has 4 N–H and O–H groups in total. The number of rotatable bonds is 3. The summed E-state index contributed by atoms with van der Waals surface area (Å²) >= 11 is 4.70. The number of thiocarbonyl (C=S) groups is 1. The molecule has 1 aromatic carbocycles. The number of hydrogen-bond acceptors (Lipinski definition) is 4. The normalized spacial score (nSPS) is 10.1. The summed E-state index contributed by atoms with van der Waals surface area (Å²) in [6.07, 6.45) is 1.27. The predicted octanol–water partition coefficient (Wildman–Crippen LogP) is 0.830. The maximum atomic E-state index is 13.3. The first kappa shape index (κ1) is 12.1. The van der Waals surface area contributed by atoms with E-state index < -0.39 is 11.7 Å². The molecule has 0 radical (unpaired) electrons. The quantitative estimate of drug-likeness (QED) is 0.714. The number of carbonyl (C=O) groups excluding carboxylic acids is 1. The molecule has 0 fully saturated rings. The Hall–Kier alpha value is -2.35. The number of amides is 1. The van der Waals surface area contributed by atoms with E-state index in [0.717, 1.165) is 0 Å². The van der Waals surface area contributed by atoms with Gasteiger partial charge in [0.15, 0.2) is 5.69 Å². The number of aromatic amines is 1. The van der Waals surface area contributed by atoms with Crippen molar-refractivity contribution in [3.8, 4) is 0 Å². The Morgan fingerprint density at radius 3 is 2.89 bits per heavy atom. The summed E-state index contributed by atoms with van der Waals surface area (Å²) in [7, 11) is 0. The molecule has 8 heteroatoms. The maximum absolute atomic E-state index is 13.3.